The van der Waals surface area contributed by atoms with Crippen LogP contribution in [0.25, 0.3) is 11.0 Å². The molecule has 0 bridgehead atoms. The van der Waals surface area contributed by atoms with E-state index in [4.69, 9.17) is 4.74 Å². The van der Waals surface area contributed by atoms with Crippen molar-refractivity contribution in [3.63, 3.8) is 0 Å². The van der Waals surface area contributed by atoms with Gasteiger partial charge in [0.05, 0.1) is 35.3 Å². The van der Waals surface area contributed by atoms with E-state index in [0.29, 0.717) is 31.3 Å². The number of amides is 2. The van der Waals surface area contributed by atoms with E-state index in [2.05, 4.69) is 32.2 Å². The molecule has 9 nitrogen and oxygen atoms in total. The maximum absolute atomic E-state index is 12.8. The van der Waals surface area contributed by atoms with Crippen molar-refractivity contribution in [3.8, 4) is 5.88 Å². The van der Waals surface area contributed by atoms with Crippen LogP contribution in [-0.4, -0.2) is 63.0 Å². The van der Waals surface area contributed by atoms with E-state index in [1.807, 2.05) is 50.3 Å². The van der Waals surface area contributed by atoms with Crippen molar-refractivity contribution >= 4 is 28.4 Å². The smallest absolute Gasteiger partial charge is 0.322 e. The van der Waals surface area contributed by atoms with Crippen LogP contribution in [0.15, 0.2) is 30.6 Å². The van der Waals surface area contributed by atoms with E-state index in [9.17, 15) is 4.79 Å². The second kappa shape index (κ2) is 8.17. The van der Waals surface area contributed by atoms with Gasteiger partial charge in [0.2, 0.25) is 5.88 Å². The Morgan fingerprint density at radius 3 is 2.87 bits per heavy atom. The fourth-order valence-electron chi connectivity index (χ4n) is 3.88. The van der Waals surface area contributed by atoms with Crippen LogP contribution in [0.4, 0.5) is 16.2 Å². The molecule has 1 aliphatic heterocycles. The summed E-state index contributed by atoms with van der Waals surface area (Å²) in [7, 11) is 1.89. The van der Waals surface area contributed by atoms with Gasteiger partial charge < -0.3 is 19.9 Å². The molecule has 0 radical (unpaired) electrons. The lowest BCUT2D eigenvalue weighted by atomic mass is 10.1. The van der Waals surface area contributed by atoms with Gasteiger partial charge in [0.15, 0.2) is 5.65 Å². The maximum atomic E-state index is 12.8. The van der Waals surface area contributed by atoms with Crippen molar-refractivity contribution in [2.75, 3.05) is 36.5 Å². The van der Waals surface area contributed by atoms with Crippen LogP contribution >= 0.6 is 0 Å². The minimum Gasteiger partial charge on any atom is -0.478 e. The Morgan fingerprint density at radius 2 is 2.13 bits per heavy atom. The summed E-state index contributed by atoms with van der Waals surface area (Å²) in [5.74, 6) is 0.564. The molecule has 1 aliphatic rings. The number of rotatable bonds is 4. The van der Waals surface area contributed by atoms with Crippen LogP contribution in [0.3, 0.4) is 0 Å². The molecule has 3 aromatic heterocycles. The molecule has 4 heterocycles. The Bertz CT molecular complexity index is 1060. The topological polar surface area (TPSA) is 88.4 Å². The lowest BCUT2D eigenvalue weighted by Gasteiger charge is -2.41. The number of fused-ring (bicyclic) bond motifs is 1. The summed E-state index contributed by atoms with van der Waals surface area (Å²) < 4.78 is 7.19. The van der Waals surface area contributed by atoms with Crippen molar-refractivity contribution in [1.29, 1.82) is 0 Å². The number of aromatic nitrogens is 4. The van der Waals surface area contributed by atoms with Crippen LogP contribution < -0.4 is 15.0 Å². The summed E-state index contributed by atoms with van der Waals surface area (Å²) in [4.78, 5) is 25.8. The van der Waals surface area contributed by atoms with Gasteiger partial charge in [-0.25, -0.2) is 14.8 Å². The molecule has 1 saturated heterocycles. The molecule has 1 atom stereocenters. The number of anilines is 2. The van der Waals surface area contributed by atoms with Crippen LogP contribution in [0.5, 0.6) is 5.88 Å². The molecule has 158 valence electrons. The minimum absolute atomic E-state index is 0.114. The van der Waals surface area contributed by atoms with E-state index in [1.165, 1.54) is 0 Å². The number of carbonyl (C=O) groups is 1. The van der Waals surface area contributed by atoms with E-state index in [1.54, 1.807) is 10.7 Å². The second-order valence-corrected chi connectivity index (χ2v) is 7.47. The summed E-state index contributed by atoms with van der Waals surface area (Å²) in [6.45, 7) is 8.46. The lowest BCUT2D eigenvalue weighted by molar-refractivity contribution is 0.200. The molecule has 0 aliphatic carbocycles. The summed E-state index contributed by atoms with van der Waals surface area (Å²) >= 11 is 0. The number of ether oxygens (including phenoxy) is 1. The zero-order valence-electron chi connectivity index (χ0n) is 17.8. The third kappa shape index (κ3) is 3.74. The highest BCUT2D eigenvalue weighted by molar-refractivity contribution is 5.91. The van der Waals surface area contributed by atoms with E-state index in [-0.39, 0.29) is 12.1 Å². The fraction of sp³-hybridized carbons (Fsp3) is 0.429. The monoisotopic (exact) mass is 409 g/mol. The first-order valence-electron chi connectivity index (χ1n) is 10.2. The van der Waals surface area contributed by atoms with Gasteiger partial charge in [-0.15, -0.1) is 0 Å². The van der Waals surface area contributed by atoms with Gasteiger partial charge in [-0.3, -0.25) is 4.68 Å². The van der Waals surface area contributed by atoms with Crippen molar-refractivity contribution in [2.45, 2.75) is 26.8 Å². The standard InChI is InChI=1S/C21H27N7O2/c1-5-30-19-7-6-17(15(3)24-19)25-21(29)27-10-11-28(14(2)13-27)18-8-9-22-20-16(18)12-23-26(20)4/h6-9,12,14H,5,10-11,13H2,1-4H3,(H,25,29). The van der Waals surface area contributed by atoms with Crippen molar-refractivity contribution < 1.29 is 9.53 Å². The molecule has 4 rings (SSSR count). The van der Waals surface area contributed by atoms with Crippen molar-refractivity contribution in [2.24, 2.45) is 7.05 Å². The Kier molecular flexibility index (Phi) is 5.43. The van der Waals surface area contributed by atoms with Gasteiger partial charge in [0, 0.05) is 45.0 Å². The van der Waals surface area contributed by atoms with Gasteiger partial charge >= 0.3 is 6.03 Å². The van der Waals surface area contributed by atoms with Crippen molar-refractivity contribution in [3.05, 3.63) is 36.3 Å². The number of piperazine rings is 1. The largest absolute Gasteiger partial charge is 0.478 e. The Morgan fingerprint density at radius 1 is 1.30 bits per heavy atom. The minimum atomic E-state index is -0.114. The summed E-state index contributed by atoms with van der Waals surface area (Å²) in [5, 5.41) is 8.34. The molecular formula is C21H27N7O2. The number of nitrogens with zero attached hydrogens (tertiary/aromatic N) is 6. The Balaban J connectivity index is 1.44. The van der Waals surface area contributed by atoms with E-state index < -0.39 is 0 Å². The number of nitrogens with one attached hydrogen (secondary N) is 1. The second-order valence-electron chi connectivity index (χ2n) is 7.47. The summed E-state index contributed by atoms with van der Waals surface area (Å²) in [6, 6.07) is 5.67. The predicted octanol–water partition coefficient (Wildman–Crippen LogP) is 2.81. The maximum Gasteiger partial charge on any atom is 0.322 e. The Hall–Kier alpha value is -3.36. The van der Waals surface area contributed by atoms with E-state index >= 15 is 0 Å². The third-order valence-corrected chi connectivity index (χ3v) is 5.43. The van der Waals surface area contributed by atoms with Gasteiger partial charge in [0.25, 0.3) is 0 Å². The number of pyridine rings is 2. The van der Waals surface area contributed by atoms with Crippen LogP contribution in [0.1, 0.15) is 19.5 Å². The molecule has 0 saturated carbocycles. The molecular weight excluding hydrogens is 382 g/mol. The molecule has 30 heavy (non-hydrogen) atoms. The number of hydrogen-bond acceptors (Lipinski definition) is 6. The van der Waals surface area contributed by atoms with Crippen LogP contribution in [-0.2, 0) is 7.05 Å². The number of aryl methyl sites for hydroxylation is 2. The Labute approximate surface area is 175 Å². The lowest BCUT2D eigenvalue weighted by Crippen LogP contribution is -2.54. The number of urea groups is 1. The highest BCUT2D eigenvalue weighted by atomic mass is 16.5. The molecule has 3 aromatic rings. The average Bonchev–Trinajstić information content (AvgIpc) is 3.11. The molecule has 0 spiro atoms. The third-order valence-electron chi connectivity index (χ3n) is 5.43. The average molecular weight is 409 g/mol. The van der Waals surface area contributed by atoms with Crippen LogP contribution in [0.2, 0.25) is 0 Å². The summed E-state index contributed by atoms with van der Waals surface area (Å²) in [5.41, 5.74) is 3.40. The summed E-state index contributed by atoms with van der Waals surface area (Å²) in [6.07, 6.45) is 3.66. The first-order chi connectivity index (χ1) is 14.5. The zero-order valence-corrected chi connectivity index (χ0v) is 17.8. The molecule has 2 amide bonds. The first-order valence-corrected chi connectivity index (χ1v) is 10.2. The molecule has 1 fully saturated rings. The molecule has 0 aromatic carbocycles. The van der Waals surface area contributed by atoms with Crippen molar-refractivity contribution in [1.82, 2.24) is 24.6 Å². The van der Waals surface area contributed by atoms with E-state index in [0.717, 1.165) is 29.0 Å². The SMILES string of the molecule is CCOc1ccc(NC(=O)N2CCN(c3ccnc4c3cnn4C)C(C)C2)c(C)n1. The van der Waals surface area contributed by atoms with Gasteiger partial charge in [-0.05, 0) is 32.9 Å². The molecule has 1 unspecified atom stereocenters. The highest BCUT2D eigenvalue weighted by Crippen LogP contribution is 2.28. The quantitative estimate of drug-likeness (QED) is 0.713. The van der Waals surface area contributed by atoms with Gasteiger partial charge in [-0.1, -0.05) is 0 Å². The van der Waals surface area contributed by atoms with Crippen LogP contribution in [0, 0.1) is 6.92 Å². The van der Waals surface area contributed by atoms with Gasteiger partial charge in [-0.2, -0.15) is 5.10 Å². The zero-order chi connectivity index (χ0) is 21.3. The first kappa shape index (κ1) is 19.9. The molecule has 1 N–H and O–H groups in total. The predicted molar refractivity (Wildman–Crippen MR) is 116 cm³/mol. The number of carbonyl (C=O) groups excluding carboxylic acids is 1. The highest BCUT2D eigenvalue weighted by Gasteiger charge is 2.28. The normalized spacial score (nSPS) is 16.7. The fourth-order valence-corrected chi connectivity index (χ4v) is 3.88. The number of hydrogen-bond donors (Lipinski definition) is 1. The molecule has 9 heteroatoms. The van der Waals surface area contributed by atoms with Gasteiger partial charge in [0.1, 0.15) is 0 Å².